The Hall–Kier alpha value is -1.86. The minimum atomic E-state index is -0.257. The number of benzene rings is 1. The van der Waals surface area contributed by atoms with E-state index < -0.39 is 0 Å². The van der Waals surface area contributed by atoms with Gasteiger partial charge in [0.05, 0.1) is 18.4 Å². The van der Waals surface area contributed by atoms with Gasteiger partial charge < -0.3 is 4.74 Å². The van der Waals surface area contributed by atoms with Gasteiger partial charge in [-0.05, 0) is 56.4 Å². The molecule has 25 heavy (non-hydrogen) atoms. The number of hydrogen-bond acceptors (Lipinski definition) is 5. The van der Waals surface area contributed by atoms with Crippen molar-refractivity contribution in [2.24, 2.45) is 0 Å². The monoisotopic (exact) mass is 361 g/mol. The van der Waals surface area contributed by atoms with Gasteiger partial charge in [-0.25, -0.2) is 9.89 Å². The van der Waals surface area contributed by atoms with Crippen molar-refractivity contribution < 1.29 is 9.53 Å². The van der Waals surface area contributed by atoms with Crippen LogP contribution in [0.4, 0.5) is 0 Å². The summed E-state index contributed by atoms with van der Waals surface area (Å²) in [6.07, 6.45) is 2.01. The minimum Gasteiger partial charge on any atom is -0.376 e. The Kier molecular flexibility index (Phi) is 5.44. The van der Waals surface area contributed by atoms with E-state index in [2.05, 4.69) is 10.2 Å². The molecule has 0 amide bonds. The molecule has 6 nitrogen and oxygen atoms in total. The molecule has 1 aliphatic heterocycles. The first-order valence-corrected chi connectivity index (χ1v) is 9.45. The fourth-order valence-electron chi connectivity index (χ4n) is 3.04. The maximum absolute atomic E-state index is 12.6. The highest BCUT2D eigenvalue weighted by Gasteiger charge is 2.20. The molecular weight excluding hydrogens is 338 g/mol. The summed E-state index contributed by atoms with van der Waals surface area (Å²) in [7, 11) is 0. The fourth-order valence-corrected chi connectivity index (χ4v) is 3.87. The summed E-state index contributed by atoms with van der Waals surface area (Å²) in [4.78, 5) is 24.6. The second-order valence-electron chi connectivity index (χ2n) is 6.52. The summed E-state index contributed by atoms with van der Waals surface area (Å²) in [5.74, 6) is 0.295. The molecule has 1 aromatic carbocycles. The Labute approximate surface area is 151 Å². The lowest BCUT2D eigenvalue weighted by Gasteiger charge is -2.11. The lowest BCUT2D eigenvalue weighted by atomic mass is 9.99. The molecule has 2 aromatic rings. The summed E-state index contributed by atoms with van der Waals surface area (Å²) in [5, 5.41) is 7.07. The molecule has 0 radical (unpaired) electrons. The number of aromatic amines is 1. The molecule has 1 N–H and O–H groups in total. The summed E-state index contributed by atoms with van der Waals surface area (Å²) in [6, 6.07) is 3.98. The van der Waals surface area contributed by atoms with Gasteiger partial charge in [0.15, 0.2) is 10.9 Å². The molecule has 0 spiro atoms. The Morgan fingerprint density at radius 1 is 1.32 bits per heavy atom. The molecule has 2 heterocycles. The Bertz CT molecular complexity index is 835. The van der Waals surface area contributed by atoms with Crippen LogP contribution in [0.2, 0.25) is 0 Å². The van der Waals surface area contributed by atoms with Crippen LogP contribution >= 0.6 is 11.8 Å². The number of aryl methyl sites for hydroxylation is 3. The standard InChI is InChI=1S/C18H23N3O3S/c1-11-7-13(3)15(8-12(11)2)16(22)10-25-18-20-19-17(23)21(18)9-14-5-4-6-24-14/h7-8,14H,4-6,9-10H2,1-3H3,(H,19,23)/t14-/m0/s1. The third-order valence-corrected chi connectivity index (χ3v) is 5.58. The van der Waals surface area contributed by atoms with Gasteiger partial charge in [0.2, 0.25) is 0 Å². The minimum absolute atomic E-state index is 0.0460. The number of thioether (sulfide) groups is 1. The second-order valence-corrected chi connectivity index (χ2v) is 7.46. The number of aromatic nitrogens is 3. The number of H-pyrrole nitrogens is 1. The first-order valence-electron chi connectivity index (χ1n) is 8.46. The number of carbonyl (C=O) groups excluding carboxylic acids is 1. The van der Waals surface area contributed by atoms with Crippen molar-refractivity contribution in [3.63, 3.8) is 0 Å². The van der Waals surface area contributed by atoms with Crippen molar-refractivity contribution in [3.8, 4) is 0 Å². The molecule has 7 heteroatoms. The molecule has 0 aliphatic carbocycles. The van der Waals surface area contributed by atoms with Crippen molar-refractivity contribution in [1.82, 2.24) is 14.8 Å². The van der Waals surface area contributed by atoms with E-state index in [9.17, 15) is 9.59 Å². The van der Waals surface area contributed by atoms with E-state index in [1.54, 1.807) is 4.57 Å². The first-order chi connectivity index (χ1) is 12.0. The normalized spacial score (nSPS) is 17.2. The number of ketones is 1. The molecule has 1 fully saturated rings. The second kappa shape index (κ2) is 7.58. The molecule has 1 aliphatic rings. The largest absolute Gasteiger partial charge is 0.376 e. The highest BCUT2D eigenvalue weighted by atomic mass is 32.2. The molecule has 1 saturated heterocycles. The highest BCUT2D eigenvalue weighted by Crippen LogP contribution is 2.21. The van der Waals surface area contributed by atoms with E-state index in [-0.39, 0.29) is 23.3 Å². The summed E-state index contributed by atoms with van der Waals surface area (Å²) < 4.78 is 7.16. The predicted octanol–water partition coefficient (Wildman–Crippen LogP) is 2.65. The average molecular weight is 361 g/mol. The van der Waals surface area contributed by atoms with Gasteiger partial charge in [0.1, 0.15) is 0 Å². The fraction of sp³-hybridized carbons (Fsp3) is 0.500. The van der Waals surface area contributed by atoms with Crippen LogP contribution in [0.3, 0.4) is 0 Å². The lowest BCUT2D eigenvalue weighted by molar-refractivity contribution is 0.0941. The van der Waals surface area contributed by atoms with Crippen molar-refractivity contribution in [3.05, 3.63) is 44.9 Å². The Balaban J connectivity index is 1.70. The van der Waals surface area contributed by atoms with Gasteiger partial charge in [-0.1, -0.05) is 17.8 Å². The molecule has 1 aromatic heterocycles. The maximum Gasteiger partial charge on any atom is 0.344 e. The highest BCUT2D eigenvalue weighted by molar-refractivity contribution is 7.99. The van der Waals surface area contributed by atoms with Gasteiger partial charge in [0.25, 0.3) is 0 Å². The molecule has 3 rings (SSSR count). The first kappa shape index (κ1) is 17.9. The third kappa shape index (κ3) is 4.04. The summed E-state index contributed by atoms with van der Waals surface area (Å²) in [5.41, 5.74) is 3.74. The van der Waals surface area contributed by atoms with Crippen LogP contribution < -0.4 is 5.69 Å². The van der Waals surface area contributed by atoms with Gasteiger partial charge >= 0.3 is 5.69 Å². The molecule has 134 valence electrons. The molecule has 1 atom stereocenters. The third-order valence-electron chi connectivity index (χ3n) is 4.61. The number of Topliss-reactive ketones (excluding diaryl/α,β-unsaturated/α-hetero) is 1. The van der Waals surface area contributed by atoms with E-state index in [0.717, 1.165) is 36.1 Å². The van der Waals surface area contributed by atoms with Crippen LogP contribution in [-0.4, -0.2) is 39.0 Å². The van der Waals surface area contributed by atoms with Crippen LogP contribution in [0.15, 0.2) is 22.1 Å². The number of rotatable bonds is 6. The zero-order chi connectivity index (χ0) is 18.0. The summed E-state index contributed by atoms with van der Waals surface area (Å²) in [6.45, 7) is 7.22. The van der Waals surface area contributed by atoms with Crippen LogP contribution in [0.5, 0.6) is 0 Å². The van der Waals surface area contributed by atoms with Gasteiger partial charge in [-0.3, -0.25) is 9.36 Å². The van der Waals surface area contributed by atoms with E-state index >= 15 is 0 Å². The zero-order valence-corrected chi connectivity index (χ0v) is 15.6. The number of nitrogens with one attached hydrogen (secondary N) is 1. The van der Waals surface area contributed by atoms with Crippen LogP contribution in [-0.2, 0) is 11.3 Å². The van der Waals surface area contributed by atoms with E-state index in [1.807, 2.05) is 32.9 Å². The quantitative estimate of drug-likeness (QED) is 0.632. The Morgan fingerprint density at radius 3 is 2.80 bits per heavy atom. The Morgan fingerprint density at radius 2 is 2.08 bits per heavy atom. The van der Waals surface area contributed by atoms with Crippen LogP contribution in [0.1, 0.15) is 39.9 Å². The maximum atomic E-state index is 12.6. The van der Waals surface area contributed by atoms with Crippen molar-refractivity contribution in [2.45, 2.75) is 51.4 Å². The topological polar surface area (TPSA) is 77.0 Å². The average Bonchev–Trinajstić information content (AvgIpc) is 3.20. The zero-order valence-electron chi connectivity index (χ0n) is 14.8. The number of ether oxygens (including phenoxy) is 1. The molecular formula is C18H23N3O3S. The molecule has 0 bridgehead atoms. The van der Waals surface area contributed by atoms with Crippen LogP contribution in [0, 0.1) is 20.8 Å². The number of carbonyl (C=O) groups is 1. The van der Waals surface area contributed by atoms with Crippen molar-refractivity contribution in [2.75, 3.05) is 12.4 Å². The smallest absolute Gasteiger partial charge is 0.344 e. The SMILES string of the molecule is Cc1cc(C)c(C(=O)CSc2n[nH]c(=O)n2C[C@@H]2CCCO2)cc1C. The molecule has 0 unspecified atom stereocenters. The van der Waals surface area contributed by atoms with E-state index in [0.29, 0.717) is 11.7 Å². The number of nitrogens with zero attached hydrogens (tertiary/aromatic N) is 2. The van der Waals surface area contributed by atoms with Gasteiger partial charge in [0, 0.05) is 12.2 Å². The predicted molar refractivity (Wildman–Crippen MR) is 97.5 cm³/mol. The summed E-state index contributed by atoms with van der Waals surface area (Å²) >= 11 is 1.29. The van der Waals surface area contributed by atoms with Crippen molar-refractivity contribution >= 4 is 17.5 Å². The van der Waals surface area contributed by atoms with Gasteiger partial charge in [-0.15, -0.1) is 5.10 Å². The van der Waals surface area contributed by atoms with E-state index in [1.165, 1.54) is 17.3 Å². The number of hydrogen-bond donors (Lipinski definition) is 1. The van der Waals surface area contributed by atoms with E-state index in [4.69, 9.17) is 4.74 Å². The van der Waals surface area contributed by atoms with Crippen molar-refractivity contribution in [1.29, 1.82) is 0 Å². The lowest BCUT2D eigenvalue weighted by Crippen LogP contribution is -2.25. The molecule has 0 saturated carbocycles. The van der Waals surface area contributed by atoms with Gasteiger partial charge in [-0.2, -0.15) is 0 Å². The van der Waals surface area contributed by atoms with Crippen LogP contribution in [0.25, 0.3) is 0 Å².